The van der Waals surface area contributed by atoms with Gasteiger partial charge < -0.3 is 20.5 Å². The average molecular weight is 286 g/mol. The minimum absolute atomic E-state index is 0.0440. The van der Waals surface area contributed by atoms with Crippen molar-refractivity contribution in [3.8, 4) is 0 Å². The number of hydrogen-bond donors (Lipinski definition) is 3. The Bertz CT molecular complexity index is 349. The number of rotatable bonds is 6. The number of ether oxygens (including phenoxy) is 1. The molecule has 2 amide bonds. The molecule has 0 atom stereocenters. The number of carbonyl (C=O) groups excluding carboxylic acids is 1. The second-order valence-electron chi connectivity index (χ2n) is 6.51. The predicted molar refractivity (Wildman–Crippen MR) is 75.6 cm³/mol. The zero-order valence-electron chi connectivity index (χ0n) is 12.6. The van der Waals surface area contributed by atoms with E-state index in [9.17, 15) is 9.59 Å². The van der Waals surface area contributed by atoms with Gasteiger partial charge >= 0.3 is 12.0 Å². The molecule has 1 aliphatic rings. The fourth-order valence-corrected chi connectivity index (χ4v) is 2.17. The van der Waals surface area contributed by atoms with Crippen molar-refractivity contribution in [1.29, 1.82) is 0 Å². The average Bonchev–Trinajstić information content (AvgIpc) is 2.35. The highest BCUT2D eigenvalue weighted by molar-refractivity contribution is 5.75. The van der Waals surface area contributed by atoms with Gasteiger partial charge in [0.05, 0.1) is 0 Å². The fourth-order valence-electron chi connectivity index (χ4n) is 2.17. The second kappa shape index (κ2) is 6.92. The number of nitrogens with one attached hydrogen (secondary N) is 2. The maximum atomic E-state index is 11.9. The van der Waals surface area contributed by atoms with Gasteiger partial charge in [0.1, 0.15) is 0 Å². The monoisotopic (exact) mass is 286 g/mol. The van der Waals surface area contributed by atoms with E-state index in [1.54, 1.807) is 0 Å². The number of urea groups is 1. The van der Waals surface area contributed by atoms with E-state index in [1.165, 1.54) is 0 Å². The standard InChI is InChI=1S/C14H26N2O4/c1-13(2,5-4-11(17)18)16-12(19)15-10-14(3)6-8-20-9-7-14/h4-10H2,1-3H3,(H,17,18)(H2,15,16,19). The van der Waals surface area contributed by atoms with Gasteiger partial charge in [-0.2, -0.15) is 0 Å². The van der Waals surface area contributed by atoms with Gasteiger partial charge in [-0.3, -0.25) is 4.79 Å². The Kier molecular flexibility index (Phi) is 5.80. The predicted octanol–water partition coefficient (Wildman–Crippen LogP) is 1.75. The number of carboxylic acid groups (broad SMARTS) is 1. The van der Waals surface area contributed by atoms with Crippen LogP contribution in [0.25, 0.3) is 0 Å². The summed E-state index contributed by atoms with van der Waals surface area (Å²) in [4.78, 5) is 22.5. The molecule has 0 bridgehead atoms. The van der Waals surface area contributed by atoms with Crippen molar-refractivity contribution >= 4 is 12.0 Å². The maximum Gasteiger partial charge on any atom is 0.315 e. The molecule has 0 saturated carbocycles. The van der Waals surface area contributed by atoms with Crippen molar-refractivity contribution in [1.82, 2.24) is 10.6 Å². The van der Waals surface area contributed by atoms with Crippen LogP contribution in [0.3, 0.4) is 0 Å². The van der Waals surface area contributed by atoms with Crippen LogP contribution < -0.4 is 10.6 Å². The highest BCUT2D eigenvalue weighted by Gasteiger charge is 2.28. The first-order valence-electron chi connectivity index (χ1n) is 7.08. The zero-order valence-corrected chi connectivity index (χ0v) is 12.6. The Balaban J connectivity index is 2.33. The molecule has 6 heteroatoms. The van der Waals surface area contributed by atoms with Crippen molar-refractivity contribution in [2.45, 2.75) is 52.0 Å². The summed E-state index contributed by atoms with van der Waals surface area (Å²) < 4.78 is 5.32. The van der Waals surface area contributed by atoms with Crippen LogP contribution in [0.15, 0.2) is 0 Å². The molecule has 0 spiro atoms. The molecule has 1 heterocycles. The molecule has 1 saturated heterocycles. The Morgan fingerprint density at radius 1 is 1.30 bits per heavy atom. The van der Waals surface area contributed by atoms with Crippen LogP contribution in [0.2, 0.25) is 0 Å². The van der Waals surface area contributed by atoms with Gasteiger partial charge in [0.25, 0.3) is 0 Å². The first-order valence-corrected chi connectivity index (χ1v) is 7.08. The van der Waals surface area contributed by atoms with Gasteiger partial charge in [0.2, 0.25) is 0 Å². The molecule has 0 radical (unpaired) electrons. The fraction of sp³-hybridized carbons (Fsp3) is 0.857. The molecule has 3 N–H and O–H groups in total. The Morgan fingerprint density at radius 3 is 2.45 bits per heavy atom. The SMILES string of the molecule is CC1(CNC(=O)NC(C)(C)CCC(=O)O)CCOCC1. The van der Waals surface area contributed by atoms with Gasteiger partial charge in [0.15, 0.2) is 0 Å². The summed E-state index contributed by atoms with van der Waals surface area (Å²) in [7, 11) is 0. The quantitative estimate of drug-likeness (QED) is 0.694. The lowest BCUT2D eigenvalue weighted by Crippen LogP contribution is -2.51. The van der Waals surface area contributed by atoms with E-state index in [1.807, 2.05) is 13.8 Å². The number of carbonyl (C=O) groups is 2. The molecule has 1 rings (SSSR count). The number of amides is 2. The summed E-state index contributed by atoms with van der Waals surface area (Å²) in [5.74, 6) is -0.852. The second-order valence-corrected chi connectivity index (χ2v) is 6.51. The van der Waals surface area contributed by atoms with Crippen molar-refractivity contribution in [3.63, 3.8) is 0 Å². The van der Waals surface area contributed by atoms with Gasteiger partial charge in [-0.1, -0.05) is 6.92 Å². The smallest absolute Gasteiger partial charge is 0.315 e. The highest BCUT2D eigenvalue weighted by atomic mass is 16.5. The molecule has 0 aliphatic carbocycles. The number of aliphatic carboxylic acids is 1. The van der Waals surface area contributed by atoms with Gasteiger partial charge in [-0.15, -0.1) is 0 Å². The van der Waals surface area contributed by atoms with E-state index in [2.05, 4.69) is 17.6 Å². The molecule has 1 fully saturated rings. The summed E-state index contributed by atoms with van der Waals surface area (Å²) in [5.41, 5.74) is -0.445. The van der Waals surface area contributed by atoms with Crippen LogP contribution in [0.4, 0.5) is 4.79 Å². The minimum atomic E-state index is -0.852. The van der Waals surface area contributed by atoms with Crippen molar-refractivity contribution in [2.75, 3.05) is 19.8 Å². The number of carboxylic acids is 1. The highest BCUT2D eigenvalue weighted by Crippen LogP contribution is 2.28. The molecule has 0 aromatic carbocycles. The molecule has 1 aliphatic heterocycles. The molecular weight excluding hydrogens is 260 g/mol. The normalized spacial score (nSPS) is 18.4. The molecule has 0 aromatic heterocycles. The molecular formula is C14H26N2O4. The van der Waals surface area contributed by atoms with Crippen molar-refractivity contribution in [2.24, 2.45) is 5.41 Å². The Morgan fingerprint density at radius 2 is 1.90 bits per heavy atom. The van der Waals surface area contributed by atoms with Gasteiger partial charge in [-0.25, -0.2) is 4.79 Å². The van der Waals surface area contributed by atoms with E-state index in [4.69, 9.17) is 9.84 Å². The molecule has 0 unspecified atom stereocenters. The summed E-state index contributed by atoms with van der Waals surface area (Å²) >= 11 is 0. The maximum absolute atomic E-state index is 11.9. The summed E-state index contributed by atoms with van der Waals surface area (Å²) in [6.45, 7) is 7.88. The van der Waals surface area contributed by atoms with E-state index in [-0.39, 0.29) is 17.9 Å². The third-order valence-corrected chi connectivity index (χ3v) is 3.79. The third-order valence-electron chi connectivity index (χ3n) is 3.79. The van der Waals surface area contributed by atoms with Crippen LogP contribution in [-0.4, -0.2) is 42.4 Å². The summed E-state index contributed by atoms with van der Waals surface area (Å²) in [6.07, 6.45) is 2.33. The molecule has 116 valence electrons. The Hall–Kier alpha value is -1.30. The minimum Gasteiger partial charge on any atom is -0.481 e. The summed E-state index contributed by atoms with van der Waals surface area (Å²) in [5, 5.41) is 14.4. The van der Waals surface area contributed by atoms with Crippen LogP contribution in [0, 0.1) is 5.41 Å². The lowest BCUT2D eigenvalue weighted by molar-refractivity contribution is -0.137. The lowest BCUT2D eigenvalue weighted by atomic mass is 9.82. The molecule has 6 nitrogen and oxygen atoms in total. The van der Waals surface area contributed by atoms with E-state index < -0.39 is 11.5 Å². The van der Waals surface area contributed by atoms with Crippen LogP contribution >= 0.6 is 0 Å². The van der Waals surface area contributed by atoms with Crippen LogP contribution in [-0.2, 0) is 9.53 Å². The topological polar surface area (TPSA) is 87.7 Å². The summed E-state index contributed by atoms with van der Waals surface area (Å²) in [6, 6.07) is -0.242. The van der Waals surface area contributed by atoms with Gasteiger partial charge in [-0.05, 0) is 38.5 Å². The zero-order chi connectivity index (χ0) is 15.2. The first kappa shape index (κ1) is 16.8. The first-order chi connectivity index (χ1) is 9.22. The molecule has 20 heavy (non-hydrogen) atoms. The van der Waals surface area contributed by atoms with Crippen molar-refractivity contribution in [3.05, 3.63) is 0 Å². The lowest BCUT2D eigenvalue weighted by Gasteiger charge is -2.34. The van der Waals surface area contributed by atoms with Crippen molar-refractivity contribution < 1.29 is 19.4 Å². The van der Waals surface area contributed by atoms with Crippen LogP contribution in [0.1, 0.15) is 46.5 Å². The van der Waals surface area contributed by atoms with E-state index in [0.717, 1.165) is 26.1 Å². The largest absolute Gasteiger partial charge is 0.481 e. The van der Waals surface area contributed by atoms with Crippen LogP contribution in [0.5, 0.6) is 0 Å². The molecule has 0 aromatic rings. The number of hydrogen-bond acceptors (Lipinski definition) is 3. The third kappa shape index (κ3) is 6.23. The van der Waals surface area contributed by atoms with E-state index >= 15 is 0 Å². The van der Waals surface area contributed by atoms with Gasteiger partial charge in [0, 0.05) is 31.7 Å². The Labute approximate surface area is 120 Å². The van der Waals surface area contributed by atoms with E-state index in [0.29, 0.717) is 13.0 Å².